The Kier molecular flexibility index (Phi) is 4.27. The van der Waals surface area contributed by atoms with E-state index in [2.05, 4.69) is 22.0 Å². The van der Waals surface area contributed by atoms with Crippen molar-refractivity contribution in [3.8, 4) is 5.75 Å². The van der Waals surface area contributed by atoms with Crippen LogP contribution in [0.5, 0.6) is 5.75 Å². The highest BCUT2D eigenvalue weighted by Crippen LogP contribution is 2.36. The first-order valence-electron chi connectivity index (χ1n) is 6.15. The molecule has 1 aliphatic carbocycles. The van der Waals surface area contributed by atoms with E-state index < -0.39 is 0 Å². The molecule has 0 amide bonds. The smallest absolute Gasteiger partial charge is 0.317 e. The van der Waals surface area contributed by atoms with Crippen molar-refractivity contribution in [2.45, 2.75) is 38.9 Å². The molecular weight excluding hydrogens is 296 g/mol. The SMILES string of the molecule is CC(C)Oc1ccc2c(c1)C(OC(=O)CBr)CC2. The summed E-state index contributed by atoms with van der Waals surface area (Å²) in [5.41, 5.74) is 2.33. The van der Waals surface area contributed by atoms with E-state index in [0.717, 1.165) is 24.2 Å². The summed E-state index contributed by atoms with van der Waals surface area (Å²) >= 11 is 3.11. The Morgan fingerprint density at radius 3 is 2.94 bits per heavy atom. The van der Waals surface area contributed by atoms with Gasteiger partial charge in [0.25, 0.3) is 0 Å². The summed E-state index contributed by atoms with van der Waals surface area (Å²) in [5.74, 6) is 0.619. The maximum atomic E-state index is 11.3. The number of aryl methyl sites for hydroxylation is 1. The van der Waals surface area contributed by atoms with Crippen molar-refractivity contribution in [1.29, 1.82) is 0 Å². The van der Waals surface area contributed by atoms with Crippen LogP contribution in [0.3, 0.4) is 0 Å². The molecule has 0 saturated heterocycles. The van der Waals surface area contributed by atoms with Gasteiger partial charge in [0, 0.05) is 0 Å². The number of benzene rings is 1. The molecule has 0 heterocycles. The first-order chi connectivity index (χ1) is 8.60. The first-order valence-corrected chi connectivity index (χ1v) is 7.27. The number of carbonyl (C=O) groups excluding carboxylic acids is 1. The third-order valence-corrected chi connectivity index (χ3v) is 3.35. The zero-order valence-corrected chi connectivity index (χ0v) is 12.2. The van der Waals surface area contributed by atoms with Gasteiger partial charge in [-0.15, -0.1) is 0 Å². The van der Waals surface area contributed by atoms with Gasteiger partial charge in [0.15, 0.2) is 0 Å². The van der Waals surface area contributed by atoms with Gasteiger partial charge < -0.3 is 9.47 Å². The molecule has 1 atom stereocenters. The molecule has 0 radical (unpaired) electrons. The van der Waals surface area contributed by atoms with E-state index in [1.165, 1.54) is 5.56 Å². The molecule has 2 rings (SSSR count). The van der Waals surface area contributed by atoms with Crippen LogP contribution in [-0.2, 0) is 16.0 Å². The molecule has 0 bridgehead atoms. The average Bonchev–Trinajstić information content (AvgIpc) is 2.71. The Morgan fingerprint density at radius 2 is 2.28 bits per heavy atom. The molecule has 3 nitrogen and oxygen atoms in total. The third kappa shape index (κ3) is 3.05. The van der Waals surface area contributed by atoms with E-state index >= 15 is 0 Å². The lowest BCUT2D eigenvalue weighted by atomic mass is 10.1. The average molecular weight is 313 g/mol. The number of carbonyl (C=O) groups is 1. The lowest BCUT2D eigenvalue weighted by molar-refractivity contribution is -0.145. The Hall–Kier alpha value is -1.03. The van der Waals surface area contributed by atoms with Crippen molar-refractivity contribution in [2.75, 3.05) is 5.33 Å². The number of esters is 1. The van der Waals surface area contributed by atoms with Crippen LogP contribution in [0.4, 0.5) is 0 Å². The largest absolute Gasteiger partial charge is 0.491 e. The summed E-state index contributed by atoms with van der Waals surface area (Å²) in [7, 11) is 0. The number of alkyl halides is 1. The molecule has 1 unspecified atom stereocenters. The Morgan fingerprint density at radius 1 is 1.50 bits per heavy atom. The Balaban J connectivity index is 2.16. The summed E-state index contributed by atoms with van der Waals surface area (Å²) < 4.78 is 11.1. The minimum atomic E-state index is -0.219. The summed E-state index contributed by atoms with van der Waals surface area (Å²) in [6.45, 7) is 3.99. The predicted octanol–water partition coefficient (Wildman–Crippen LogP) is 3.40. The number of rotatable bonds is 4. The zero-order valence-electron chi connectivity index (χ0n) is 10.6. The van der Waals surface area contributed by atoms with Gasteiger partial charge in [-0.2, -0.15) is 0 Å². The molecule has 1 aromatic rings. The van der Waals surface area contributed by atoms with Crippen LogP contribution < -0.4 is 4.74 Å². The molecule has 0 aromatic heterocycles. The molecule has 0 fully saturated rings. The molecule has 98 valence electrons. The van der Waals surface area contributed by atoms with Crippen molar-refractivity contribution in [2.24, 2.45) is 0 Å². The molecular formula is C14H17BrO3. The fourth-order valence-corrected chi connectivity index (χ4v) is 2.33. The van der Waals surface area contributed by atoms with Crippen LogP contribution in [0, 0.1) is 0 Å². The zero-order chi connectivity index (χ0) is 13.1. The normalized spacial score (nSPS) is 17.7. The standard InChI is InChI=1S/C14H17BrO3/c1-9(2)17-11-5-3-10-4-6-13(12(10)7-11)18-14(16)8-15/h3,5,7,9,13H,4,6,8H2,1-2H3. The van der Waals surface area contributed by atoms with Gasteiger partial charge >= 0.3 is 5.97 Å². The van der Waals surface area contributed by atoms with Crippen molar-refractivity contribution in [3.63, 3.8) is 0 Å². The van der Waals surface area contributed by atoms with Crippen LogP contribution >= 0.6 is 15.9 Å². The van der Waals surface area contributed by atoms with Crippen molar-refractivity contribution in [1.82, 2.24) is 0 Å². The number of ether oxygens (including phenoxy) is 2. The maximum Gasteiger partial charge on any atom is 0.317 e. The summed E-state index contributed by atoms with van der Waals surface area (Å²) in [6, 6.07) is 6.04. The molecule has 4 heteroatoms. The van der Waals surface area contributed by atoms with E-state index in [-0.39, 0.29) is 23.5 Å². The fourth-order valence-electron chi connectivity index (χ4n) is 2.20. The van der Waals surface area contributed by atoms with Gasteiger partial charge in [-0.1, -0.05) is 22.0 Å². The number of hydrogen-bond donors (Lipinski definition) is 0. The van der Waals surface area contributed by atoms with Crippen LogP contribution in [0.2, 0.25) is 0 Å². The lowest BCUT2D eigenvalue weighted by Crippen LogP contribution is -2.10. The second kappa shape index (κ2) is 5.74. The van der Waals surface area contributed by atoms with Gasteiger partial charge in [-0.3, -0.25) is 4.79 Å². The molecule has 1 aliphatic rings. The third-order valence-electron chi connectivity index (χ3n) is 2.89. The quantitative estimate of drug-likeness (QED) is 0.631. The van der Waals surface area contributed by atoms with Crippen molar-refractivity contribution >= 4 is 21.9 Å². The van der Waals surface area contributed by atoms with E-state index in [0.29, 0.717) is 0 Å². The van der Waals surface area contributed by atoms with Gasteiger partial charge in [-0.25, -0.2) is 0 Å². The van der Waals surface area contributed by atoms with Crippen LogP contribution in [0.15, 0.2) is 18.2 Å². The summed E-state index contributed by atoms with van der Waals surface area (Å²) in [4.78, 5) is 11.3. The van der Waals surface area contributed by atoms with Gasteiger partial charge in [-0.05, 0) is 49.9 Å². The highest BCUT2D eigenvalue weighted by atomic mass is 79.9. The number of fused-ring (bicyclic) bond motifs is 1. The van der Waals surface area contributed by atoms with Crippen molar-refractivity contribution in [3.05, 3.63) is 29.3 Å². The fraction of sp³-hybridized carbons (Fsp3) is 0.500. The summed E-state index contributed by atoms with van der Waals surface area (Å²) in [6.07, 6.45) is 1.84. The molecule has 0 aliphatic heterocycles. The van der Waals surface area contributed by atoms with E-state index in [1.54, 1.807) is 0 Å². The topological polar surface area (TPSA) is 35.5 Å². The molecule has 0 saturated carbocycles. The molecule has 0 spiro atoms. The van der Waals surface area contributed by atoms with Gasteiger partial charge in [0.2, 0.25) is 0 Å². The second-order valence-electron chi connectivity index (χ2n) is 4.68. The highest BCUT2D eigenvalue weighted by Gasteiger charge is 2.26. The highest BCUT2D eigenvalue weighted by molar-refractivity contribution is 9.09. The number of hydrogen-bond acceptors (Lipinski definition) is 3. The molecule has 18 heavy (non-hydrogen) atoms. The van der Waals surface area contributed by atoms with E-state index in [9.17, 15) is 4.79 Å². The minimum absolute atomic E-state index is 0.124. The molecule has 0 N–H and O–H groups in total. The molecule has 1 aromatic carbocycles. The van der Waals surface area contributed by atoms with Gasteiger partial charge in [0.05, 0.1) is 6.10 Å². The lowest BCUT2D eigenvalue weighted by Gasteiger charge is -2.15. The van der Waals surface area contributed by atoms with Gasteiger partial charge in [0.1, 0.15) is 17.2 Å². The first kappa shape index (κ1) is 13.4. The number of halogens is 1. The predicted molar refractivity (Wildman–Crippen MR) is 73.2 cm³/mol. The summed E-state index contributed by atoms with van der Waals surface area (Å²) in [5, 5.41) is 0.237. The van der Waals surface area contributed by atoms with Crippen LogP contribution in [0.1, 0.15) is 37.5 Å². The van der Waals surface area contributed by atoms with Crippen molar-refractivity contribution < 1.29 is 14.3 Å². The van der Waals surface area contributed by atoms with Crippen LogP contribution in [0.25, 0.3) is 0 Å². The maximum absolute atomic E-state index is 11.3. The monoisotopic (exact) mass is 312 g/mol. The Labute approximate surface area is 116 Å². The van der Waals surface area contributed by atoms with Crippen LogP contribution in [-0.4, -0.2) is 17.4 Å². The van der Waals surface area contributed by atoms with E-state index in [4.69, 9.17) is 9.47 Å². The second-order valence-corrected chi connectivity index (χ2v) is 5.24. The Bertz CT molecular complexity index is 443. The van der Waals surface area contributed by atoms with E-state index in [1.807, 2.05) is 26.0 Å². The minimum Gasteiger partial charge on any atom is -0.491 e.